The van der Waals surface area contributed by atoms with E-state index >= 15 is 0 Å². The summed E-state index contributed by atoms with van der Waals surface area (Å²) in [6.07, 6.45) is 0. The number of carbonyl (C=O) groups is 1. The number of anilines is 1. The molecule has 1 aromatic heterocycles. The molecule has 4 nitrogen and oxygen atoms in total. The Hall–Kier alpha value is -3.44. The first-order valence-electron chi connectivity index (χ1n) is 8.95. The molecule has 0 fully saturated rings. The van der Waals surface area contributed by atoms with Gasteiger partial charge in [0.05, 0.1) is 17.0 Å². The van der Waals surface area contributed by atoms with Crippen LogP contribution in [0.1, 0.15) is 27.7 Å². The predicted molar refractivity (Wildman–Crippen MR) is 109 cm³/mol. The molecule has 0 bridgehead atoms. The minimum atomic E-state index is -0.752. The van der Waals surface area contributed by atoms with Crippen molar-refractivity contribution >= 4 is 34.2 Å². The number of halogens is 2. The Kier molecular flexibility index (Phi) is 4.00. The van der Waals surface area contributed by atoms with Crippen LogP contribution in [0.3, 0.4) is 0 Å². The summed E-state index contributed by atoms with van der Waals surface area (Å²) in [7, 11) is 0. The third-order valence-corrected chi connectivity index (χ3v) is 5.28. The minimum Gasteiger partial charge on any atom is -0.450 e. The summed E-state index contributed by atoms with van der Waals surface area (Å²) >= 11 is 6.14. The molecule has 1 aliphatic heterocycles. The van der Waals surface area contributed by atoms with Crippen molar-refractivity contribution in [1.29, 1.82) is 0 Å². The molecular formula is C23H13ClFNO3. The zero-order valence-corrected chi connectivity index (χ0v) is 15.7. The topological polar surface area (TPSA) is 50.5 Å². The monoisotopic (exact) mass is 405 g/mol. The summed E-state index contributed by atoms with van der Waals surface area (Å²) in [4.78, 5) is 28.1. The average Bonchev–Trinajstić information content (AvgIpc) is 3.02. The lowest BCUT2D eigenvalue weighted by Crippen LogP contribution is -2.29. The lowest BCUT2D eigenvalue weighted by molar-refractivity contribution is 0.0971. The number of hydrogen-bond acceptors (Lipinski definition) is 3. The van der Waals surface area contributed by atoms with Crippen molar-refractivity contribution in [3.05, 3.63) is 111 Å². The zero-order chi connectivity index (χ0) is 20.1. The van der Waals surface area contributed by atoms with Gasteiger partial charge in [-0.3, -0.25) is 14.5 Å². The van der Waals surface area contributed by atoms with Gasteiger partial charge < -0.3 is 4.42 Å². The van der Waals surface area contributed by atoms with Crippen LogP contribution in [0, 0.1) is 5.82 Å². The van der Waals surface area contributed by atoms with Crippen molar-refractivity contribution in [2.75, 3.05) is 4.90 Å². The second-order valence-corrected chi connectivity index (χ2v) is 7.22. The highest BCUT2D eigenvalue weighted by molar-refractivity contribution is 6.31. The third-order valence-electron chi connectivity index (χ3n) is 5.05. The fourth-order valence-electron chi connectivity index (χ4n) is 3.77. The van der Waals surface area contributed by atoms with Crippen molar-refractivity contribution in [2.45, 2.75) is 6.04 Å². The minimum absolute atomic E-state index is 0.0111. The maximum atomic E-state index is 13.5. The molecule has 29 heavy (non-hydrogen) atoms. The number of carbonyl (C=O) groups excluding carboxylic acids is 1. The fourth-order valence-corrected chi connectivity index (χ4v) is 3.96. The van der Waals surface area contributed by atoms with Gasteiger partial charge in [-0.05, 0) is 48.0 Å². The van der Waals surface area contributed by atoms with E-state index in [0.29, 0.717) is 27.2 Å². The first-order valence-corrected chi connectivity index (χ1v) is 9.33. The van der Waals surface area contributed by atoms with E-state index in [0.717, 1.165) is 0 Å². The van der Waals surface area contributed by atoms with Gasteiger partial charge in [0, 0.05) is 10.7 Å². The Labute approximate surface area is 169 Å². The van der Waals surface area contributed by atoms with Crippen LogP contribution in [0.15, 0.2) is 82.0 Å². The van der Waals surface area contributed by atoms with Crippen LogP contribution >= 0.6 is 11.6 Å². The molecule has 1 atom stereocenters. The number of para-hydroxylation sites is 1. The molecule has 0 saturated carbocycles. The van der Waals surface area contributed by atoms with Gasteiger partial charge in [-0.15, -0.1) is 0 Å². The van der Waals surface area contributed by atoms with Gasteiger partial charge in [-0.2, -0.15) is 0 Å². The first kappa shape index (κ1) is 17.6. The van der Waals surface area contributed by atoms with Crippen LogP contribution in [0.2, 0.25) is 5.02 Å². The lowest BCUT2D eigenvalue weighted by atomic mass is 9.98. The standard InChI is InChI=1S/C23H13ClFNO3/c24-14-4-3-5-16(12-14)26-20(13-8-10-15(25)11-9-13)19-21(27)17-6-1-2-7-18(17)29-22(19)23(26)28/h1-12,20H. The van der Waals surface area contributed by atoms with Crippen LogP contribution in [0.4, 0.5) is 10.1 Å². The Morgan fingerprint density at radius 1 is 0.931 bits per heavy atom. The van der Waals surface area contributed by atoms with E-state index in [1.54, 1.807) is 60.7 Å². The molecule has 1 aliphatic rings. The van der Waals surface area contributed by atoms with Gasteiger partial charge in [0.1, 0.15) is 11.4 Å². The molecule has 3 aromatic carbocycles. The molecule has 1 unspecified atom stereocenters. The van der Waals surface area contributed by atoms with Crippen LogP contribution in [0.25, 0.3) is 11.0 Å². The van der Waals surface area contributed by atoms with Gasteiger partial charge in [0.2, 0.25) is 5.76 Å². The number of fused-ring (bicyclic) bond motifs is 2. The molecule has 0 radical (unpaired) electrons. The molecule has 0 spiro atoms. The number of hydrogen-bond donors (Lipinski definition) is 0. The fraction of sp³-hybridized carbons (Fsp3) is 0.0435. The molecule has 5 rings (SSSR count). The van der Waals surface area contributed by atoms with E-state index in [4.69, 9.17) is 16.0 Å². The van der Waals surface area contributed by atoms with Crippen molar-refractivity contribution in [3.63, 3.8) is 0 Å². The van der Waals surface area contributed by atoms with Gasteiger partial charge in [0.15, 0.2) is 5.43 Å². The molecule has 0 saturated heterocycles. The maximum Gasteiger partial charge on any atom is 0.295 e. The number of benzene rings is 3. The van der Waals surface area contributed by atoms with E-state index in [1.807, 2.05) is 0 Å². The van der Waals surface area contributed by atoms with Gasteiger partial charge in [0.25, 0.3) is 5.91 Å². The first-order chi connectivity index (χ1) is 14.0. The summed E-state index contributed by atoms with van der Waals surface area (Å²) < 4.78 is 19.4. The SMILES string of the molecule is O=C1c2oc3ccccc3c(=O)c2C(c2ccc(F)cc2)N1c1cccc(Cl)c1. The highest BCUT2D eigenvalue weighted by Gasteiger charge is 2.43. The summed E-state index contributed by atoms with van der Waals surface area (Å²) in [6.45, 7) is 0. The highest BCUT2D eigenvalue weighted by atomic mass is 35.5. The second kappa shape index (κ2) is 6.57. The Morgan fingerprint density at radius 2 is 1.69 bits per heavy atom. The Balaban J connectivity index is 1.82. The number of nitrogens with zero attached hydrogens (tertiary/aromatic N) is 1. The molecule has 2 heterocycles. The average molecular weight is 406 g/mol. The summed E-state index contributed by atoms with van der Waals surface area (Å²) in [5.74, 6) is -0.861. The zero-order valence-electron chi connectivity index (χ0n) is 14.9. The lowest BCUT2D eigenvalue weighted by Gasteiger charge is -2.25. The molecule has 1 amide bonds. The molecule has 0 aliphatic carbocycles. The molecule has 142 valence electrons. The number of rotatable bonds is 2. The van der Waals surface area contributed by atoms with Gasteiger partial charge in [-0.1, -0.05) is 41.9 Å². The van der Waals surface area contributed by atoms with Crippen LogP contribution in [0.5, 0.6) is 0 Å². The van der Waals surface area contributed by atoms with Crippen LogP contribution in [-0.4, -0.2) is 5.91 Å². The molecule has 6 heteroatoms. The quantitative estimate of drug-likeness (QED) is 0.452. The normalized spacial score (nSPS) is 15.7. The molecular weight excluding hydrogens is 393 g/mol. The predicted octanol–water partition coefficient (Wildman–Crippen LogP) is 5.34. The van der Waals surface area contributed by atoms with Gasteiger partial charge in [-0.25, -0.2) is 4.39 Å². The van der Waals surface area contributed by atoms with E-state index in [2.05, 4.69) is 0 Å². The summed E-state index contributed by atoms with van der Waals surface area (Å²) in [5.41, 5.74) is 1.41. The van der Waals surface area contributed by atoms with Gasteiger partial charge >= 0.3 is 0 Å². The maximum absolute atomic E-state index is 13.5. The van der Waals surface area contributed by atoms with Crippen LogP contribution < -0.4 is 10.3 Å². The van der Waals surface area contributed by atoms with E-state index in [9.17, 15) is 14.0 Å². The summed E-state index contributed by atoms with van der Waals surface area (Å²) in [6, 6.07) is 18.6. The highest BCUT2D eigenvalue weighted by Crippen LogP contribution is 2.41. The smallest absolute Gasteiger partial charge is 0.295 e. The van der Waals surface area contributed by atoms with E-state index < -0.39 is 17.8 Å². The Morgan fingerprint density at radius 3 is 2.45 bits per heavy atom. The van der Waals surface area contributed by atoms with Crippen LogP contribution in [-0.2, 0) is 0 Å². The van der Waals surface area contributed by atoms with Crippen molar-refractivity contribution in [3.8, 4) is 0 Å². The van der Waals surface area contributed by atoms with E-state index in [1.165, 1.54) is 17.0 Å². The second-order valence-electron chi connectivity index (χ2n) is 6.78. The van der Waals surface area contributed by atoms with Crippen molar-refractivity contribution < 1.29 is 13.6 Å². The largest absolute Gasteiger partial charge is 0.450 e. The number of amides is 1. The van der Waals surface area contributed by atoms with Crippen molar-refractivity contribution in [1.82, 2.24) is 0 Å². The third kappa shape index (κ3) is 2.74. The van der Waals surface area contributed by atoms with E-state index in [-0.39, 0.29) is 16.8 Å². The Bertz CT molecular complexity index is 1330. The molecule has 0 N–H and O–H groups in total. The molecule has 4 aromatic rings. The summed E-state index contributed by atoms with van der Waals surface area (Å²) in [5, 5.41) is 0.840. The van der Waals surface area contributed by atoms with Crippen molar-refractivity contribution in [2.24, 2.45) is 0 Å².